The minimum atomic E-state index is 0.533. The number of rotatable bonds is 5. The molecule has 2 aromatic rings. The molecular formula is C15H18BrClN4S. The molecule has 0 spiro atoms. The Labute approximate surface area is 149 Å². The molecule has 0 aliphatic heterocycles. The van der Waals surface area contributed by atoms with Crippen LogP contribution in [-0.4, -0.2) is 21.4 Å². The van der Waals surface area contributed by atoms with E-state index in [1.54, 1.807) is 0 Å². The van der Waals surface area contributed by atoms with Crippen LogP contribution in [-0.2, 0) is 6.54 Å². The molecule has 1 heterocycles. The molecule has 2 N–H and O–H groups in total. The zero-order chi connectivity index (χ0) is 16.1. The molecule has 0 aliphatic rings. The fourth-order valence-electron chi connectivity index (χ4n) is 1.79. The van der Waals surface area contributed by atoms with Crippen LogP contribution in [0.5, 0.6) is 0 Å². The van der Waals surface area contributed by atoms with E-state index in [1.165, 1.54) is 0 Å². The van der Waals surface area contributed by atoms with Crippen molar-refractivity contribution in [2.45, 2.75) is 20.4 Å². The van der Waals surface area contributed by atoms with E-state index in [-0.39, 0.29) is 0 Å². The molecule has 118 valence electrons. The Morgan fingerprint density at radius 1 is 1.36 bits per heavy atom. The van der Waals surface area contributed by atoms with Crippen LogP contribution in [0.15, 0.2) is 34.9 Å². The number of anilines is 1. The van der Waals surface area contributed by atoms with E-state index < -0.39 is 0 Å². The Morgan fingerprint density at radius 2 is 2.05 bits per heavy atom. The van der Waals surface area contributed by atoms with Gasteiger partial charge in [-0.15, -0.1) is 0 Å². The summed E-state index contributed by atoms with van der Waals surface area (Å²) >= 11 is 14.6. The number of benzene rings is 1. The lowest BCUT2D eigenvalue weighted by Crippen LogP contribution is -2.31. The van der Waals surface area contributed by atoms with Gasteiger partial charge in [0.2, 0.25) is 0 Å². The third kappa shape index (κ3) is 5.26. The fourth-order valence-corrected chi connectivity index (χ4v) is 2.51. The number of thiocarbonyl (C=S) groups is 1. The predicted octanol–water partition coefficient (Wildman–Crippen LogP) is 4.29. The van der Waals surface area contributed by atoms with E-state index in [1.807, 2.05) is 35.1 Å². The topological polar surface area (TPSA) is 41.9 Å². The molecule has 2 rings (SSSR count). The van der Waals surface area contributed by atoms with Gasteiger partial charge in [0.15, 0.2) is 10.9 Å². The third-order valence-electron chi connectivity index (χ3n) is 2.88. The van der Waals surface area contributed by atoms with Crippen molar-refractivity contribution in [2.75, 3.05) is 11.9 Å². The number of aromatic nitrogens is 2. The van der Waals surface area contributed by atoms with Crippen molar-refractivity contribution in [3.05, 3.63) is 45.5 Å². The van der Waals surface area contributed by atoms with E-state index in [0.29, 0.717) is 23.4 Å². The van der Waals surface area contributed by atoms with Crippen molar-refractivity contribution in [2.24, 2.45) is 5.92 Å². The molecule has 7 heteroatoms. The number of hydrogen-bond donors (Lipinski definition) is 2. The van der Waals surface area contributed by atoms with E-state index in [4.69, 9.17) is 23.8 Å². The van der Waals surface area contributed by atoms with Gasteiger partial charge in [-0.1, -0.05) is 37.6 Å². The van der Waals surface area contributed by atoms with Crippen LogP contribution in [0.4, 0.5) is 5.82 Å². The molecule has 0 saturated carbocycles. The van der Waals surface area contributed by atoms with Gasteiger partial charge in [0.25, 0.3) is 0 Å². The first-order valence-corrected chi connectivity index (χ1v) is 8.54. The van der Waals surface area contributed by atoms with Gasteiger partial charge >= 0.3 is 0 Å². The molecule has 0 fully saturated rings. The first-order chi connectivity index (χ1) is 10.4. The number of halogens is 2. The normalized spacial score (nSPS) is 10.8. The summed E-state index contributed by atoms with van der Waals surface area (Å²) in [6.45, 7) is 5.76. The van der Waals surface area contributed by atoms with Crippen LogP contribution in [0.1, 0.15) is 19.4 Å². The van der Waals surface area contributed by atoms with E-state index >= 15 is 0 Å². The van der Waals surface area contributed by atoms with Crippen LogP contribution in [0.2, 0.25) is 5.02 Å². The van der Waals surface area contributed by atoms with Gasteiger partial charge in [0.1, 0.15) is 0 Å². The smallest absolute Gasteiger partial charge is 0.172 e. The van der Waals surface area contributed by atoms with E-state index in [9.17, 15) is 0 Å². The average Bonchev–Trinajstić information content (AvgIpc) is 2.79. The highest BCUT2D eigenvalue weighted by Crippen LogP contribution is 2.21. The Morgan fingerprint density at radius 3 is 2.68 bits per heavy atom. The molecule has 0 amide bonds. The van der Waals surface area contributed by atoms with Gasteiger partial charge in [-0.25, -0.2) is 0 Å². The third-order valence-corrected chi connectivity index (χ3v) is 3.96. The largest absolute Gasteiger partial charge is 0.362 e. The highest BCUT2D eigenvalue weighted by molar-refractivity contribution is 9.10. The van der Waals surface area contributed by atoms with Crippen LogP contribution in [0.3, 0.4) is 0 Å². The average molecular weight is 402 g/mol. The Balaban J connectivity index is 1.98. The van der Waals surface area contributed by atoms with Crippen molar-refractivity contribution >= 4 is 50.7 Å². The molecule has 1 aromatic carbocycles. The van der Waals surface area contributed by atoms with Crippen LogP contribution >= 0.6 is 39.7 Å². The molecular weight excluding hydrogens is 384 g/mol. The molecule has 0 atom stereocenters. The summed E-state index contributed by atoms with van der Waals surface area (Å²) in [5.41, 5.74) is 1.13. The van der Waals surface area contributed by atoms with Crippen molar-refractivity contribution in [3.63, 3.8) is 0 Å². The quantitative estimate of drug-likeness (QED) is 0.733. The van der Waals surface area contributed by atoms with Crippen molar-refractivity contribution in [3.8, 4) is 0 Å². The minimum Gasteiger partial charge on any atom is -0.362 e. The fraction of sp³-hybridized carbons (Fsp3) is 0.333. The Hall–Kier alpha value is -1.11. The second-order valence-corrected chi connectivity index (χ2v) is 7.08. The summed E-state index contributed by atoms with van der Waals surface area (Å²) < 4.78 is 2.72. The van der Waals surface area contributed by atoms with Gasteiger partial charge in [-0.2, -0.15) is 5.10 Å². The van der Waals surface area contributed by atoms with Gasteiger partial charge in [0.05, 0.1) is 11.0 Å². The number of nitrogens with zero attached hydrogens (tertiary/aromatic N) is 2. The summed E-state index contributed by atoms with van der Waals surface area (Å²) in [4.78, 5) is 0. The van der Waals surface area contributed by atoms with Crippen molar-refractivity contribution in [1.82, 2.24) is 15.1 Å². The van der Waals surface area contributed by atoms with E-state index in [2.05, 4.69) is 45.5 Å². The minimum absolute atomic E-state index is 0.533. The Bertz CT molecular complexity index is 639. The highest BCUT2D eigenvalue weighted by atomic mass is 79.9. The summed E-state index contributed by atoms with van der Waals surface area (Å²) in [6, 6.07) is 7.72. The van der Waals surface area contributed by atoms with Crippen molar-refractivity contribution in [1.29, 1.82) is 0 Å². The summed E-state index contributed by atoms with van der Waals surface area (Å²) in [6.07, 6.45) is 1.92. The maximum Gasteiger partial charge on any atom is 0.172 e. The molecule has 4 nitrogen and oxygen atoms in total. The van der Waals surface area contributed by atoms with Crippen molar-refractivity contribution < 1.29 is 0 Å². The SMILES string of the molecule is CC(C)CNC(=S)Nc1nn(Cc2ccc(Cl)cc2)cc1Br. The number of hydrogen-bond acceptors (Lipinski definition) is 2. The monoisotopic (exact) mass is 400 g/mol. The van der Waals surface area contributed by atoms with Crippen LogP contribution < -0.4 is 10.6 Å². The summed E-state index contributed by atoms with van der Waals surface area (Å²) in [5, 5.41) is 12.1. The van der Waals surface area contributed by atoms with Gasteiger partial charge in [0, 0.05) is 17.8 Å². The molecule has 0 aliphatic carbocycles. The molecule has 22 heavy (non-hydrogen) atoms. The lowest BCUT2D eigenvalue weighted by molar-refractivity contribution is 0.627. The standard InChI is InChI=1S/C15H18BrClN4S/c1-10(2)7-18-15(22)19-14-13(16)9-21(20-14)8-11-3-5-12(17)6-4-11/h3-6,9-10H,7-8H2,1-2H3,(H2,18,19,20,22). The molecule has 0 unspecified atom stereocenters. The maximum atomic E-state index is 5.89. The second-order valence-electron chi connectivity index (χ2n) is 5.38. The van der Waals surface area contributed by atoms with Gasteiger partial charge in [-0.05, 0) is 51.8 Å². The maximum absolute atomic E-state index is 5.89. The van der Waals surface area contributed by atoms with Gasteiger partial charge in [-0.3, -0.25) is 4.68 Å². The second kappa shape index (κ2) is 7.94. The summed E-state index contributed by atoms with van der Waals surface area (Å²) in [5.74, 6) is 1.24. The lowest BCUT2D eigenvalue weighted by atomic mass is 10.2. The van der Waals surface area contributed by atoms with Crippen LogP contribution in [0, 0.1) is 5.92 Å². The molecule has 0 bridgehead atoms. The van der Waals surface area contributed by atoms with E-state index in [0.717, 1.165) is 21.6 Å². The first-order valence-electron chi connectivity index (χ1n) is 6.96. The lowest BCUT2D eigenvalue weighted by Gasteiger charge is -2.10. The van der Waals surface area contributed by atoms with Crippen LogP contribution in [0.25, 0.3) is 0 Å². The molecule has 1 aromatic heterocycles. The predicted molar refractivity (Wildman–Crippen MR) is 99.5 cm³/mol. The highest BCUT2D eigenvalue weighted by Gasteiger charge is 2.09. The van der Waals surface area contributed by atoms with Gasteiger partial charge < -0.3 is 10.6 Å². The first kappa shape index (κ1) is 17.2. The molecule has 0 radical (unpaired) electrons. The molecule has 0 saturated heterocycles. The zero-order valence-corrected chi connectivity index (χ0v) is 15.6. The summed E-state index contributed by atoms with van der Waals surface area (Å²) in [7, 11) is 0. The Kier molecular flexibility index (Phi) is 6.23. The zero-order valence-electron chi connectivity index (χ0n) is 12.4. The number of nitrogens with one attached hydrogen (secondary N) is 2.